The second kappa shape index (κ2) is 7.43. The Hall–Kier alpha value is -3.44. The summed E-state index contributed by atoms with van der Waals surface area (Å²) >= 11 is 6.17. The van der Waals surface area contributed by atoms with E-state index >= 15 is 0 Å². The van der Waals surface area contributed by atoms with E-state index in [4.69, 9.17) is 11.6 Å². The molecule has 4 aromatic rings. The molecule has 0 aliphatic rings. The summed E-state index contributed by atoms with van der Waals surface area (Å²) in [5.74, 6) is -0.288. The van der Waals surface area contributed by atoms with Crippen LogP contribution >= 0.6 is 11.6 Å². The predicted molar refractivity (Wildman–Crippen MR) is 106 cm³/mol. The number of anilines is 1. The monoisotopic (exact) mass is 374 g/mol. The lowest BCUT2D eigenvalue weighted by Gasteiger charge is -2.06. The lowest BCUT2D eigenvalue weighted by molar-refractivity contribution is 0.102. The lowest BCUT2D eigenvalue weighted by Crippen LogP contribution is -2.12. The molecule has 0 saturated carbocycles. The SMILES string of the molecule is O=C(Nc1ccccc1Cl)c1cn(-c2ccccc2)nc1-c1cccnc1. The highest BCUT2D eigenvalue weighted by atomic mass is 35.5. The normalized spacial score (nSPS) is 10.6. The Morgan fingerprint density at radius 2 is 1.74 bits per heavy atom. The molecule has 6 heteroatoms. The van der Waals surface area contributed by atoms with Gasteiger partial charge in [-0.1, -0.05) is 41.9 Å². The molecule has 0 atom stereocenters. The standard InChI is InChI=1S/C21H15ClN4O/c22-18-10-4-5-11-19(18)24-21(27)17-14-26(16-8-2-1-3-9-16)25-20(17)15-7-6-12-23-13-15/h1-14H,(H,24,27). The van der Waals surface area contributed by atoms with Crippen LogP contribution in [0.5, 0.6) is 0 Å². The van der Waals surface area contributed by atoms with E-state index in [2.05, 4.69) is 15.4 Å². The summed E-state index contributed by atoms with van der Waals surface area (Å²) in [4.78, 5) is 17.1. The third kappa shape index (κ3) is 3.59. The van der Waals surface area contributed by atoms with Gasteiger partial charge >= 0.3 is 0 Å². The van der Waals surface area contributed by atoms with Gasteiger partial charge in [-0.2, -0.15) is 5.10 Å². The molecule has 1 N–H and O–H groups in total. The van der Waals surface area contributed by atoms with E-state index in [0.717, 1.165) is 11.3 Å². The third-order valence-electron chi connectivity index (χ3n) is 4.04. The molecule has 1 amide bonds. The fraction of sp³-hybridized carbons (Fsp3) is 0. The molecule has 0 spiro atoms. The number of carbonyl (C=O) groups is 1. The van der Waals surface area contributed by atoms with Crippen LogP contribution in [0.25, 0.3) is 16.9 Å². The Morgan fingerprint density at radius 3 is 2.48 bits per heavy atom. The number of para-hydroxylation sites is 2. The van der Waals surface area contributed by atoms with E-state index in [1.165, 1.54) is 0 Å². The van der Waals surface area contributed by atoms with Crippen molar-refractivity contribution in [1.82, 2.24) is 14.8 Å². The van der Waals surface area contributed by atoms with Crippen molar-refractivity contribution >= 4 is 23.2 Å². The van der Waals surface area contributed by atoms with Gasteiger partial charge in [0, 0.05) is 24.2 Å². The summed E-state index contributed by atoms with van der Waals surface area (Å²) in [6, 6.07) is 20.4. The molecule has 2 aromatic heterocycles. The second-order valence-corrected chi connectivity index (χ2v) is 6.25. The number of hydrogen-bond donors (Lipinski definition) is 1. The van der Waals surface area contributed by atoms with Crippen molar-refractivity contribution in [3.8, 4) is 16.9 Å². The van der Waals surface area contributed by atoms with Crippen molar-refractivity contribution in [2.45, 2.75) is 0 Å². The first-order chi connectivity index (χ1) is 13.2. The molecule has 4 rings (SSSR count). The molecular formula is C21H15ClN4O. The zero-order valence-electron chi connectivity index (χ0n) is 14.2. The number of pyridine rings is 1. The molecule has 27 heavy (non-hydrogen) atoms. The van der Waals surface area contributed by atoms with Crippen LogP contribution in [0.3, 0.4) is 0 Å². The largest absolute Gasteiger partial charge is 0.321 e. The average Bonchev–Trinajstić information content (AvgIpc) is 3.17. The Balaban J connectivity index is 1.77. The summed E-state index contributed by atoms with van der Waals surface area (Å²) < 4.78 is 1.68. The fourth-order valence-corrected chi connectivity index (χ4v) is 2.90. The molecule has 0 aliphatic heterocycles. The van der Waals surface area contributed by atoms with E-state index < -0.39 is 0 Å². The summed E-state index contributed by atoms with van der Waals surface area (Å²) in [5.41, 5.74) is 3.16. The molecular weight excluding hydrogens is 360 g/mol. The van der Waals surface area contributed by atoms with Crippen molar-refractivity contribution in [3.63, 3.8) is 0 Å². The number of hydrogen-bond acceptors (Lipinski definition) is 3. The van der Waals surface area contributed by atoms with Gasteiger partial charge in [0.1, 0.15) is 5.69 Å². The van der Waals surface area contributed by atoms with E-state index in [1.54, 1.807) is 35.4 Å². The zero-order chi connectivity index (χ0) is 18.6. The lowest BCUT2D eigenvalue weighted by atomic mass is 10.1. The van der Waals surface area contributed by atoms with Crippen molar-refractivity contribution in [2.24, 2.45) is 0 Å². The predicted octanol–water partition coefficient (Wildman–Crippen LogP) is 4.84. The Morgan fingerprint density at radius 1 is 0.963 bits per heavy atom. The van der Waals surface area contributed by atoms with Crippen LogP contribution < -0.4 is 5.32 Å². The topological polar surface area (TPSA) is 59.8 Å². The van der Waals surface area contributed by atoms with Crippen LogP contribution in [0.15, 0.2) is 85.3 Å². The van der Waals surface area contributed by atoms with Gasteiger partial charge < -0.3 is 5.32 Å². The highest BCUT2D eigenvalue weighted by Gasteiger charge is 2.19. The number of nitrogens with one attached hydrogen (secondary N) is 1. The first kappa shape index (κ1) is 17.0. The average molecular weight is 375 g/mol. The number of carbonyl (C=O) groups excluding carboxylic acids is 1. The zero-order valence-corrected chi connectivity index (χ0v) is 15.0. The van der Waals surface area contributed by atoms with E-state index in [9.17, 15) is 4.79 Å². The van der Waals surface area contributed by atoms with Gasteiger partial charge in [0.05, 0.1) is 22.0 Å². The summed E-state index contributed by atoms with van der Waals surface area (Å²) in [6.07, 6.45) is 5.08. The number of amides is 1. The van der Waals surface area contributed by atoms with E-state index in [1.807, 2.05) is 54.6 Å². The maximum absolute atomic E-state index is 13.0. The highest BCUT2D eigenvalue weighted by molar-refractivity contribution is 6.34. The van der Waals surface area contributed by atoms with Gasteiger partial charge in [0.25, 0.3) is 5.91 Å². The highest BCUT2D eigenvalue weighted by Crippen LogP contribution is 2.26. The smallest absolute Gasteiger partial charge is 0.259 e. The molecule has 132 valence electrons. The molecule has 0 radical (unpaired) electrons. The summed E-state index contributed by atoms with van der Waals surface area (Å²) in [7, 11) is 0. The molecule has 0 bridgehead atoms. The number of rotatable bonds is 4. The van der Waals surface area contributed by atoms with Gasteiger partial charge in [0.2, 0.25) is 0 Å². The number of aromatic nitrogens is 3. The number of benzene rings is 2. The van der Waals surface area contributed by atoms with Gasteiger partial charge in [-0.25, -0.2) is 4.68 Å². The Bertz CT molecular complexity index is 1080. The molecule has 2 aromatic carbocycles. The minimum atomic E-state index is -0.288. The summed E-state index contributed by atoms with van der Waals surface area (Å²) in [6.45, 7) is 0. The minimum Gasteiger partial charge on any atom is -0.321 e. The third-order valence-corrected chi connectivity index (χ3v) is 4.37. The summed E-state index contributed by atoms with van der Waals surface area (Å²) in [5, 5.41) is 7.95. The van der Waals surface area contributed by atoms with Crippen LogP contribution in [0.1, 0.15) is 10.4 Å². The number of halogens is 1. The quantitative estimate of drug-likeness (QED) is 0.556. The van der Waals surface area contributed by atoms with Crippen LogP contribution in [0, 0.1) is 0 Å². The molecule has 2 heterocycles. The maximum Gasteiger partial charge on any atom is 0.259 e. The van der Waals surface area contributed by atoms with Gasteiger partial charge in [-0.3, -0.25) is 9.78 Å². The molecule has 5 nitrogen and oxygen atoms in total. The van der Waals surface area contributed by atoms with Gasteiger partial charge in [-0.05, 0) is 36.4 Å². The Labute approximate surface area is 161 Å². The first-order valence-electron chi connectivity index (χ1n) is 8.34. The fourth-order valence-electron chi connectivity index (χ4n) is 2.72. The van der Waals surface area contributed by atoms with E-state index in [-0.39, 0.29) is 5.91 Å². The Kier molecular flexibility index (Phi) is 4.68. The van der Waals surface area contributed by atoms with Crippen molar-refractivity contribution in [1.29, 1.82) is 0 Å². The van der Waals surface area contributed by atoms with Crippen molar-refractivity contribution in [3.05, 3.63) is 95.9 Å². The first-order valence-corrected chi connectivity index (χ1v) is 8.71. The van der Waals surface area contributed by atoms with Crippen molar-refractivity contribution in [2.75, 3.05) is 5.32 Å². The van der Waals surface area contributed by atoms with Gasteiger partial charge in [0.15, 0.2) is 0 Å². The molecule has 0 aliphatic carbocycles. The van der Waals surface area contributed by atoms with Crippen molar-refractivity contribution < 1.29 is 4.79 Å². The molecule has 0 fully saturated rings. The second-order valence-electron chi connectivity index (χ2n) is 5.85. The van der Waals surface area contributed by atoms with Gasteiger partial charge in [-0.15, -0.1) is 0 Å². The number of nitrogens with zero attached hydrogens (tertiary/aromatic N) is 3. The molecule has 0 unspecified atom stereocenters. The van der Waals surface area contributed by atoms with Crippen LogP contribution in [0.2, 0.25) is 5.02 Å². The maximum atomic E-state index is 13.0. The van der Waals surface area contributed by atoms with Crippen LogP contribution in [-0.4, -0.2) is 20.7 Å². The van der Waals surface area contributed by atoms with E-state index in [0.29, 0.717) is 22.0 Å². The van der Waals surface area contributed by atoms with Crippen LogP contribution in [0.4, 0.5) is 5.69 Å². The minimum absolute atomic E-state index is 0.288. The van der Waals surface area contributed by atoms with Crippen LogP contribution in [-0.2, 0) is 0 Å². The molecule has 0 saturated heterocycles.